The largest absolute Gasteiger partial charge is 0.489 e. The molecule has 0 amide bonds. The second kappa shape index (κ2) is 5.25. The van der Waals surface area contributed by atoms with Crippen LogP contribution in [-0.2, 0) is 6.42 Å². The summed E-state index contributed by atoms with van der Waals surface area (Å²) in [6.07, 6.45) is 1.59. The molecule has 2 aromatic rings. The lowest BCUT2D eigenvalue weighted by Crippen LogP contribution is -1.99. The van der Waals surface area contributed by atoms with Crippen LogP contribution in [0.3, 0.4) is 0 Å². The first-order valence-corrected chi connectivity index (χ1v) is 6.92. The van der Waals surface area contributed by atoms with Gasteiger partial charge in [-0.25, -0.2) is 0 Å². The highest BCUT2D eigenvalue weighted by atomic mass is 35.5. The van der Waals surface area contributed by atoms with Gasteiger partial charge in [-0.1, -0.05) is 23.7 Å². The molecule has 0 saturated carbocycles. The number of anilines is 1. The van der Waals surface area contributed by atoms with Gasteiger partial charge in [0.15, 0.2) is 23.1 Å². The number of nitrogens with zero attached hydrogens (tertiary/aromatic N) is 1. The Labute approximate surface area is 121 Å². The highest BCUT2D eigenvalue weighted by Crippen LogP contribution is 2.45. The maximum atomic E-state index is 6.31. The Kier molecular flexibility index (Phi) is 3.44. The molecule has 1 aliphatic rings. The van der Waals surface area contributed by atoms with Crippen molar-refractivity contribution in [2.24, 2.45) is 0 Å². The van der Waals surface area contributed by atoms with Gasteiger partial charge in [-0.05, 0) is 12.5 Å². The van der Waals surface area contributed by atoms with Gasteiger partial charge in [-0.15, -0.1) is 0 Å². The topological polar surface area (TPSA) is 70.5 Å². The first kappa shape index (κ1) is 13.1. The molecule has 0 unspecified atom stereocenters. The van der Waals surface area contributed by atoms with Gasteiger partial charge in [-0.3, -0.25) is 0 Å². The van der Waals surface area contributed by atoms with Gasteiger partial charge in [0.05, 0.1) is 18.2 Å². The average molecular weight is 295 g/mol. The predicted octanol–water partition coefficient (Wildman–Crippen LogP) is 3.30. The summed E-state index contributed by atoms with van der Waals surface area (Å²) in [6, 6.07) is 3.49. The van der Waals surface area contributed by atoms with Crippen LogP contribution in [0.4, 0.5) is 5.82 Å². The number of rotatable bonds is 2. The third kappa shape index (κ3) is 2.18. The lowest BCUT2D eigenvalue weighted by Gasteiger charge is -2.16. The Morgan fingerprint density at radius 1 is 1.25 bits per heavy atom. The Hall–Kier alpha value is -1.88. The predicted molar refractivity (Wildman–Crippen MR) is 76.3 cm³/mol. The van der Waals surface area contributed by atoms with Crippen LogP contribution in [0.5, 0.6) is 11.5 Å². The summed E-state index contributed by atoms with van der Waals surface area (Å²) in [5.74, 6) is 2.22. The van der Waals surface area contributed by atoms with Gasteiger partial charge in [-0.2, -0.15) is 0 Å². The van der Waals surface area contributed by atoms with Gasteiger partial charge in [0.2, 0.25) is 0 Å². The first-order valence-electron chi connectivity index (χ1n) is 6.54. The molecule has 3 rings (SSSR count). The minimum Gasteiger partial charge on any atom is -0.489 e. The molecule has 1 aromatic carbocycles. The zero-order chi connectivity index (χ0) is 14.1. The highest BCUT2D eigenvalue weighted by molar-refractivity contribution is 6.32. The molecular formula is C14H15ClN2O3. The van der Waals surface area contributed by atoms with Crippen molar-refractivity contribution in [1.82, 2.24) is 5.16 Å². The zero-order valence-electron chi connectivity index (χ0n) is 11.1. The van der Waals surface area contributed by atoms with Gasteiger partial charge >= 0.3 is 0 Å². The van der Waals surface area contributed by atoms with Gasteiger partial charge in [0.1, 0.15) is 0 Å². The number of hydrogen-bond donors (Lipinski definition) is 1. The number of nitrogen functional groups attached to an aromatic ring is 1. The van der Waals surface area contributed by atoms with Crippen LogP contribution in [0, 0.1) is 0 Å². The summed E-state index contributed by atoms with van der Waals surface area (Å²) in [5, 5.41) is 4.22. The van der Waals surface area contributed by atoms with E-state index in [2.05, 4.69) is 5.16 Å². The normalized spacial score (nSPS) is 14.1. The molecular weight excluding hydrogens is 280 g/mol. The van der Waals surface area contributed by atoms with E-state index in [1.54, 1.807) is 6.07 Å². The summed E-state index contributed by atoms with van der Waals surface area (Å²) in [7, 11) is 0. The molecule has 20 heavy (non-hydrogen) atoms. The molecule has 0 bridgehead atoms. The third-order valence-corrected chi connectivity index (χ3v) is 3.50. The van der Waals surface area contributed by atoms with Crippen LogP contribution in [0.2, 0.25) is 5.02 Å². The van der Waals surface area contributed by atoms with Crippen molar-refractivity contribution in [3.8, 4) is 22.8 Å². The van der Waals surface area contributed by atoms with E-state index in [4.69, 9.17) is 31.3 Å². The van der Waals surface area contributed by atoms with E-state index in [-0.39, 0.29) is 0 Å². The fraction of sp³-hybridized carbons (Fsp3) is 0.357. The van der Waals surface area contributed by atoms with Crippen LogP contribution in [0.15, 0.2) is 16.7 Å². The molecule has 0 radical (unpaired) electrons. The van der Waals surface area contributed by atoms with E-state index in [0.29, 0.717) is 41.3 Å². The number of hydrogen-bond acceptors (Lipinski definition) is 5. The molecule has 0 atom stereocenters. The molecule has 1 aromatic heterocycles. The number of ether oxygens (including phenoxy) is 2. The number of nitrogens with two attached hydrogens (primary N) is 1. The SMILES string of the molecule is CCc1c(-c2cc(N)no2)cc(Cl)c2c1OCCCO2. The molecule has 0 saturated heterocycles. The van der Waals surface area contributed by atoms with Crippen LogP contribution >= 0.6 is 11.6 Å². The smallest absolute Gasteiger partial charge is 0.180 e. The standard InChI is InChI=1S/C14H15ClN2O3/c1-2-8-9(11-7-12(16)17-20-11)6-10(15)14-13(8)18-4-3-5-19-14/h6-7H,2-5H2,1H3,(H2,16,17). The van der Waals surface area contributed by atoms with Crippen LogP contribution in [0.1, 0.15) is 18.9 Å². The molecule has 106 valence electrons. The Morgan fingerprint density at radius 2 is 2.00 bits per heavy atom. The number of benzene rings is 1. The number of aromatic nitrogens is 1. The van der Waals surface area contributed by atoms with Crippen molar-refractivity contribution < 1.29 is 14.0 Å². The molecule has 1 aliphatic heterocycles. The minimum atomic E-state index is 0.338. The van der Waals surface area contributed by atoms with Crippen LogP contribution < -0.4 is 15.2 Å². The second-order valence-corrected chi connectivity index (χ2v) is 4.97. The molecule has 2 N–H and O–H groups in total. The molecule has 6 heteroatoms. The highest BCUT2D eigenvalue weighted by Gasteiger charge is 2.23. The molecule has 0 spiro atoms. The first-order chi connectivity index (χ1) is 9.70. The Balaban J connectivity index is 2.20. The summed E-state index contributed by atoms with van der Waals surface area (Å²) in [5.41, 5.74) is 7.44. The van der Waals surface area contributed by atoms with Gasteiger partial charge < -0.3 is 19.7 Å². The summed E-state index contributed by atoms with van der Waals surface area (Å²) < 4.78 is 16.7. The van der Waals surface area contributed by atoms with Crippen molar-refractivity contribution in [3.63, 3.8) is 0 Å². The van der Waals surface area contributed by atoms with E-state index in [0.717, 1.165) is 24.0 Å². The quantitative estimate of drug-likeness (QED) is 0.920. The summed E-state index contributed by atoms with van der Waals surface area (Å²) in [4.78, 5) is 0. The lowest BCUT2D eigenvalue weighted by atomic mass is 10.0. The van der Waals surface area contributed by atoms with Crippen molar-refractivity contribution in [2.75, 3.05) is 18.9 Å². The minimum absolute atomic E-state index is 0.338. The zero-order valence-corrected chi connectivity index (χ0v) is 11.9. The fourth-order valence-corrected chi connectivity index (χ4v) is 2.58. The monoisotopic (exact) mass is 294 g/mol. The van der Waals surface area contributed by atoms with Crippen LogP contribution in [0.25, 0.3) is 11.3 Å². The number of halogens is 1. The fourth-order valence-electron chi connectivity index (χ4n) is 2.33. The average Bonchev–Trinajstić information content (AvgIpc) is 2.72. The number of fused-ring (bicyclic) bond motifs is 1. The van der Waals surface area contributed by atoms with E-state index in [9.17, 15) is 0 Å². The molecule has 2 heterocycles. The van der Waals surface area contributed by atoms with Gasteiger partial charge in [0, 0.05) is 23.6 Å². The van der Waals surface area contributed by atoms with E-state index in [1.807, 2.05) is 13.0 Å². The third-order valence-electron chi connectivity index (χ3n) is 3.22. The maximum absolute atomic E-state index is 6.31. The lowest BCUT2D eigenvalue weighted by molar-refractivity contribution is 0.296. The summed E-state index contributed by atoms with van der Waals surface area (Å²) >= 11 is 6.31. The maximum Gasteiger partial charge on any atom is 0.180 e. The molecule has 0 fully saturated rings. The Bertz CT molecular complexity index is 640. The van der Waals surface area contributed by atoms with Crippen molar-refractivity contribution in [3.05, 3.63) is 22.7 Å². The van der Waals surface area contributed by atoms with E-state index >= 15 is 0 Å². The van der Waals surface area contributed by atoms with Crippen molar-refractivity contribution in [2.45, 2.75) is 19.8 Å². The van der Waals surface area contributed by atoms with E-state index < -0.39 is 0 Å². The van der Waals surface area contributed by atoms with Gasteiger partial charge in [0.25, 0.3) is 0 Å². The molecule has 5 nitrogen and oxygen atoms in total. The van der Waals surface area contributed by atoms with Crippen molar-refractivity contribution >= 4 is 17.4 Å². The van der Waals surface area contributed by atoms with Crippen LogP contribution in [-0.4, -0.2) is 18.4 Å². The summed E-state index contributed by atoms with van der Waals surface area (Å²) in [6.45, 7) is 3.25. The molecule has 0 aliphatic carbocycles. The van der Waals surface area contributed by atoms with Crippen molar-refractivity contribution in [1.29, 1.82) is 0 Å². The van der Waals surface area contributed by atoms with E-state index in [1.165, 1.54) is 0 Å². The second-order valence-electron chi connectivity index (χ2n) is 4.56. The Morgan fingerprint density at radius 3 is 2.65 bits per heavy atom.